The largest absolute Gasteiger partial charge is 0.506 e. The van der Waals surface area contributed by atoms with Crippen molar-refractivity contribution < 1.29 is 9.52 Å². The van der Waals surface area contributed by atoms with Gasteiger partial charge in [0.05, 0.1) is 5.56 Å². The van der Waals surface area contributed by atoms with E-state index in [1.54, 1.807) is 6.92 Å². The predicted molar refractivity (Wildman–Crippen MR) is 65.9 cm³/mol. The highest BCUT2D eigenvalue weighted by Gasteiger charge is 2.17. The van der Waals surface area contributed by atoms with Crippen LogP contribution in [0.2, 0.25) is 0 Å². The van der Waals surface area contributed by atoms with Crippen molar-refractivity contribution in [1.82, 2.24) is 9.97 Å². The van der Waals surface area contributed by atoms with Crippen LogP contribution in [-0.2, 0) is 6.42 Å². The Morgan fingerprint density at radius 1 is 1.39 bits per heavy atom. The highest BCUT2D eigenvalue weighted by atomic mass is 16.4. The van der Waals surface area contributed by atoms with Gasteiger partial charge in [-0.3, -0.25) is 4.79 Å². The Balaban J connectivity index is 2.77. The van der Waals surface area contributed by atoms with E-state index in [-0.39, 0.29) is 22.4 Å². The normalized spacial score (nSPS) is 11.0. The maximum absolute atomic E-state index is 11.7. The minimum Gasteiger partial charge on any atom is -0.506 e. The second-order valence-corrected chi connectivity index (χ2v) is 4.15. The lowest BCUT2D eigenvalue weighted by Crippen LogP contribution is -2.15. The fourth-order valence-corrected chi connectivity index (χ4v) is 1.81. The van der Waals surface area contributed by atoms with Crippen molar-refractivity contribution in [3.05, 3.63) is 32.2 Å². The average molecular weight is 250 g/mol. The lowest BCUT2D eigenvalue weighted by Gasteiger charge is -2.04. The molecule has 0 aliphatic rings. The Morgan fingerprint density at radius 3 is 2.78 bits per heavy atom. The van der Waals surface area contributed by atoms with E-state index < -0.39 is 11.2 Å². The summed E-state index contributed by atoms with van der Waals surface area (Å²) in [6.45, 7) is 3.54. The molecule has 0 fully saturated rings. The fraction of sp³-hybridized carbons (Fsp3) is 0.417. The monoisotopic (exact) mass is 250 g/mol. The Hall–Kier alpha value is -2.11. The van der Waals surface area contributed by atoms with Crippen molar-refractivity contribution in [3.8, 4) is 5.75 Å². The molecule has 0 saturated heterocycles. The molecule has 2 aromatic heterocycles. The van der Waals surface area contributed by atoms with Crippen molar-refractivity contribution in [2.24, 2.45) is 0 Å². The van der Waals surface area contributed by atoms with Gasteiger partial charge in [-0.2, -0.15) is 4.98 Å². The molecule has 0 saturated carbocycles. The zero-order valence-corrected chi connectivity index (χ0v) is 10.2. The van der Waals surface area contributed by atoms with Gasteiger partial charge in [0.1, 0.15) is 17.0 Å². The predicted octanol–water partition coefficient (Wildman–Crippen LogP) is 1.23. The van der Waals surface area contributed by atoms with Crippen molar-refractivity contribution >= 4 is 11.1 Å². The maximum Gasteiger partial charge on any atom is 0.344 e. The number of aromatic hydroxyl groups is 1. The quantitative estimate of drug-likeness (QED) is 0.854. The average Bonchev–Trinajstić information content (AvgIpc) is 2.27. The molecule has 0 aliphatic carbocycles. The van der Waals surface area contributed by atoms with Gasteiger partial charge in [-0.15, -0.1) is 0 Å². The van der Waals surface area contributed by atoms with Crippen LogP contribution >= 0.6 is 0 Å². The molecule has 2 heterocycles. The van der Waals surface area contributed by atoms with Crippen LogP contribution in [0.4, 0.5) is 0 Å². The second kappa shape index (κ2) is 4.64. The highest BCUT2D eigenvalue weighted by molar-refractivity contribution is 5.80. The SMILES string of the molecule is CCCCc1c(O)c2c(=O)[nH]c(C)nc2oc1=O. The Kier molecular flexibility index (Phi) is 3.18. The first-order valence-electron chi connectivity index (χ1n) is 5.80. The summed E-state index contributed by atoms with van der Waals surface area (Å²) < 4.78 is 4.99. The molecule has 96 valence electrons. The first-order chi connectivity index (χ1) is 8.54. The van der Waals surface area contributed by atoms with Gasteiger partial charge in [0, 0.05) is 0 Å². The summed E-state index contributed by atoms with van der Waals surface area (Å²) in [6.07, 6.45) is 1.99. The van der Waals surface area contributed by atoms with E-state index in [2.05, 4.69) is 9.97 Å². The summed E-state index contributed by atoms with van der Waals surface area (Å²) >= 11 is 0. The minimum atomic E-state index is -0.633. The molecule has 0 aliphatic heterocycles. The number of unbranched alkanes of at least 4 members (excludes halogenated alkanes) is 1. The third-order valence-electron chi connectivity index (χ3n) is 2.74. The van der Waals surface area contributed by atoms with Gasteiger partial charge in [-0.25, -0.2) is 4.79 Å². The summed E-state index contributed by atoms with van der Waals surface area (Å²) in [5, 5.41) is 9.95. The highest BCUT2D eigenvalue weighted by Crippen LogP contribution is 2.22. The summed E-state index contributed by atoms with van der Waals surface area (Å²) in [4.78, 5) is 29.8. The van der Waals surface area contributed by atoms with Crippen LogP contribution in [0.1, 0.15) is 31.2 Å². The van der Waals surface area contributed by atoms with Crippen LogP contribution in [0.5, 0.6) is 5.75 Å². The zero-order chi connectivity index (χ0) is 13.3. The Morgan fingerprint density at radius 2 is 2.11 bits per heavy atom. The fourth-order valence-electron chi connectivity index (χ4n) is 1.81. The molecule has 0 spiro atoms. The van der Waals surface area contributed by atoms with E-state index in [4.69, 9.17) is 4.42 Å². The standard InChI is InChI=1S/C12H14N2O4/c1-3-4-5-7-9(15)8-10(16)13-6(2)14-11(8)18-12(7)17/h15H,3-5H2,1-2H3,(H,13,14,16). The van der Waals surface area contributed by atoms with E-state index in [0.717, 1.165) is 12.8 Å². The molecule has 2 aromatic rings. The first kappa shape index (κ1) is 12.3. The van der Waals surface area contributed by atoms with Gasteiger partial charge in [0.2, 0.25) is 5.71 Å². The van der Waals surface area contributed by atoms with Crippen molar-refractivity contribution in [2.75, 3.05) is 0 Å². The van der Waals surface area contributed by atoms with Crippen LogP contribution < -0.4 is 11.2 Å². The third kappa shape index (κ3) is 2.01. The Labute approximate surface area is 102 Å². The molecule has 0 radical (unpaired) electrons. The van der Waals surface area contributed by atoms with Gasteiger partial charge in [0.15, 0.2) is 0 Å². The second-order valence-electron chi connectivity index (χ2n) is 4.15. The zero-order valence-electron chi connectivity index (χ0n) is 10.2. The summed E-state index contributed by atoms with van der Waals surface area (Å²) in [5.74, 6) is 0.0137. The molecule has 2 rings (SSSR count). The minimum absolute atomic E-state index is 0.0636. The molecule has 18 heavy (non-hydrogen) atoms. The summed E-state index contributed by atoms with van der Waals surface area (Å²) in [7, 11) is 0. The number of nitrogens with one attached hydrogen (secondary N) is 1. The number of hydrogen-bond donors (Lipinski definition) is 2. The van der Waals surface area contributed by atoms with E-state index in [0.29, 0.717) is 12.2 Å². The molecule has 0 atom stereocenters. The molecule has 0 aromatic carbocycles. The van der Waals surface area contributed by atoms with Crippen LogP contribution in [0.25, 0.3) is 11.1 Å². The molecular weight excluding hydrogens is 236 g/mol. The lowest BCUT2D eigenvalue weighted by atomic mass is 10.1. The van der Waals surface area contributed by atoms with Crippen LogP contribution in [-0.4, -0.2) is 15.1 Å². The van der Waals surface area contributed by atoms with E-state index in [1.807, 2.05) is 6.92 Å². The number of aromatic nitrogens is 2. The van der Waals surface area contributed by atoms with Gasteiger partial charge in [-0.05, 0) is 19.8 Å². The number of rotatable bonds is 3. The van der Waals surface area contributed by atoms with Gasteiger partial charge < -0.3 is 14.5 Å². The van der Waals surface area contributed by atoms with Gasteiger partial charge in [0.25, 0.3) is 5.56 Å². The smallest absolute Gasteiger partial charge is 0.344 e. The van der Waals surface area contributed by atoms with Gasteiger partial charge in [-0.1, -0.05) is 13.3 Å². The summed E-state index contributed by atoms with van der Waals surface area (Å²) in [5.41, 5.74) is -1.12. The van der Waals surface area contributed by atoms with E-state index >= 15 is 0 Å². The number of hydrogen-bond acceptors (Lipinski definition) is 5. The molecular formula is C12H14N2O4. The molecule has 6 heteroatoms. The number of H-pyrrole nitrogens is 1. The van der Waals surface area contributed by atoms with Crippen molar-refractivity contribution in [3.63, 3.8) is 0 Å². The van der Waals surface area contributed by atoms with Crippen molar-refractivity contribution in [1.29, 1.82) is 0 Å². The third-order valence-corrected chi connectivity index (χ3v) is 2.74. The Bertz CT molecular complexity index is 700. The van der Waals surface area contributed by atoms with Crippen LogP contribution in [0.15, 0.2) is 14.0 Å². The van der Waals surface area contributed by atoms with Crippen molar-refractivity contribution in [2.45, 2.75) is 33.1 Å². The molecule has 0 amide bonds. The van der Waals surface area contributed by atoms with Crippen LogP contribution in [0, 0.1) is 6.92 Å². The number of aromatic amines is 1. The van der Waals surface area contributed by atoms with E-state index in [9.17, 15) is 14.7 Å². The molecule has 0 bridgehead atoms. The number of nitrogens with zero attached hydrogens (tertiary/aromatic N) is 1. The van der Waals surface area contributed by atoms with E-state index in [1.165, 1.54) is 0 Å². The molecule has 2 N–H and O–H groups in total. The number of aryl methyl sites for hydroxylation is 1. The van der Waals surface area contributed by atoms with Gasteiger partial charge >= 0.3 is 5.63 Å². The number of fused-ring (bicyclic) bond motifs is 1. The van der Waals surface area contributed by atoms with Crippen LogP contribution in [0.3, 0.4) is 0 Å². The molecule has 6 nitrogen and oxygen atoms in total. The summed E-state index contributed by atoms with van der Waals surface area (Å²) in [6, 6.07) is 0. The lowest BCUT2D eigenvalue weighted by molar-refractivity contribution is 0.451. The maximum atomic E-state index is 11.7. The molecule has 0 unspecified atom stereocenters. The topological polar surface area (TPSA) is 96.2 Å². The first-order valence-corrected chi connectivity index (χ1v) is 5.80.